The SMILES string of the molecule is O=C(Nc1ccccc1)Nc1ccc(NC(=O)[C@@H]2Cc3ccccc3S2)cc1. The van der Waals surface area contributed by atoms with Crippen LogP contribution in [0.15, 0.2) is 83.8 Å². The fraction of sp³-hybridized carbons (Fsp3) is 0.0909. The first-order valence-electron chi connectivity index (χ1n) is 8.96. The molecule has 1 aliphatic rings. The minimum absolute atomic E-state index is 0.0104. The lowest BCUT2D eigenvalue weighted by Crippen LogP contribution is -2.24. The number of fused-ring (bicyclic) bond motifs is 1. The highest BCUT2D eigenvalue weighted by Crippen LogP contribution is 2.37. The van der Waals surface area contributed by atoms with Crippen molar-refractivity contribution in [2.75, 3.05) is 16.0 Å². The fourth-order valence-electron chi connectivity index (χ4n) is 3.00. The Bertz CT molecular complexity index is 965. The van der Waals surface area contributed by atoms with Crippen LogP contribution in [0, 0.1) is 0 Å². The highest BCUT2D eigenvalue weighted by atomic mass is 32.2. The Labute approximate surface area is 167 Å². The molecule has 0 aromatic heterocycles. The van der Waals surface area contributed by atoms with Crippen LogP contribution >= 0.6 is 11.8 Å². The molecule has 0 aliphatic carbocycles. The average molecular weight is 389 g/mol. The van der Waals surface area contributed by atoms with E-state index in [4.69, 9.17) is 0 Å². The molecule has 6 heteroatoms. The van der Waals surface area contributed by atoms with Crippen LogP contribution in [0.25, 0.3) is 0 Å². The summed E-state index contributed by atoms with van der Waals surface area (Å²) in [7, 11) is 0. The highest BCUT2D eigenvalue weighted by molar-refractivity contribution is 8.01. The van der Waals surface area contributed by atoms with E-state index >= 15 is 0 Å². The molecule has 1 atom stereocenters. The van der Waals surface area contributed by atoms with E-state index in [2.05, 4.69) is 22.0 Å². The molecule has 1 aliphatic heterocycles. The third-order valence-corrected chi connectivity index (χ3v) is 5.70. The van der Waals surface area contributed by atoms with Crippen LogP contribution in [-0.2, 0) is 11.2 Å². The molecular formula is C22H19N3O2S. The van der Waals surface area contributed by atoms with Gasteiger partial charge in [-0.25, -0.2) is 4.79 Å². The van der Waals surface area contributed by atoms with Crippen molar-refractivity contribution in [3.8, 4) is 0 Å². The van der Waals surface area contributed by atoms with Crippen molar-refractivity contribution >= 4 is 40.8 Å². The Morgan fingerprint density at radius 3 is 1.96 bits per heavy atom. The van der Waals surface area contributed by atoms with Crippen LogP contribution < -0.4 is 16.0 Å². The molecule has 4 rings (SSSR count). The van der Waals surface area contributed by atoms with Gasteiger partial charge in [0.25, 0.3) is 0 Å². The van der Waals surface area contributed by atoms with Gasteiger partial charge in [-0.3, -0.25) is 4.79 Å². The maximum atomic E-state index is 12.5. The van der Waals surface area contributed by atoms with Crippen LogP contribution in [-0.4, -0.2) is 17.2 Å². The topological polar surface area (TPSA) is 70.2 Å². The summed E-state index contributed by atoms with van der Waals surface area (Å²) >= 11 is 1.60. The van der Waals surface area contributed by atoms with Gasteiger partial charge >= 0.3 is 6.03 Å². The number of nitrogens with one attached hydrogen (secondary N) is 3. The van der Waals surface area contributed by atoms with Crippen LogP contribution in [0.4, 0.5) is 21.9 Å². The van der Waals surface area contributed by atoms with Gasteiger partial charge in [0, 0.05) is 22.0 Å². The summed E-state index contributed by atoms with van der Waals surface area (Å²) < 4.78 is 0. The highest BCUT2D eigenvalue weighted by Gasteiger charge is 2.27. The summed E-state index contributed by atoms with van der Waals surface area (Å²) in [6.07, 6.45) is 0.742. The number of anilines is 3. The average Bonchev–Trinajstić information content (AvgIpc) is 3.15. The lowest BCUT2D eigenvalue weighted by molar-refractivity contribution is -0.115. The standard InChI is InChI=1S/C22H19N3O2S/c26-21(20-14-15-6-4-5-9-19(15)28-20)23-17-10-12-18(13-11-17)25-22(27)24-16-7-2-1-3-8-16/h1-13,20H,14H2,(H,23,26)(H2,24,25,27)/t20-/m0/s1. The predicted molar refractivity (Wildman–Crippen MR) is 114 cm³/mol. The van der Waals surface area contributed by atoms with Crippen molar-refractivity contribution < 1.29 is 9.59 Å². The summed E-state index contributed by atoms with van der Waals surface area (Å²) in [5.41, 5.74) is 3.29. The number of amides is 3. The van der Waals surface area contributed by atoms with E-state index in [0.29, 0.717) is 11.4 Å². The van der Waals surface area contributed by atoms with Crippen LogP contribution in [0.1, 0.15) is 5.56 Å². The Hall–Kier alpha value is -3.25. The zero-order valence-corrected chi connectivity index (χ0v) is 15.8. The number of hydrogen-bond donors (Lipinski definition) is 3. The summed E-state index contributed by atoms with van der Waals surface area (Å²) in [6, 6.07) is 24.1. The monoisotopic (exact) mass is 389 g/mol. The molecule has 140 valence electrons. The number of rotatable bonds is 4. The fourth-order valence-corrected chi connectivity index (χ4v) is 4.20. The number of urea groups is 1. The van der Waals surface area contributed by atoms with Gasteiger partial charge in [0.2, 0.25) is 5.91 Å². The van der Waals surface area contributed by atoms with Gasteiger partial charge in [0.15, 0.2) is 0 Å². The second-order valence-corrected chi connectivity index (χ2v) is 7.67. The van der Waals surface area contributed by atoms with Gasteiger partial charge in [0.05, 0.1) is 5.25 Å². The lowest BCUT2D eigenvalue weighted by Gasteiger charge is -2.11. The number of thioether (sulfide) groups is 1. The number of benzene rings is 3. The molecule has 5 nitrogen and oxygen atoms in total. The minimum atomic E-state index is -0.317. The van der Waals surface area contributed by atoms with E-state index in [9.17, 15) is 9.59 Å². The molecule has 3 N–H and O–H groups in total. The zero-order chi connectivity index (χ0) is 19.3. The molecule has 0 spiro atoms. The van der Waals surface area contributed by atoms with E-state index < -0.39 is 0 Å². The number of para-hydroxylation sites is 1. The van der Waals surface area contributed by atoms with E-state index in [1.165, 1.54) is 10.5 Å². The summed E-state index contributed by atoms with van der Waals surface area (Å²) in [6.45, 7) is 0. The Kier molecular flexibility index (Phi) is 5.30. The third kappa shape index (κ3) is 4.35. The first kappa shape index (κ1) is 18.1. The molecule has 0 bridgehead atoms. The number of hydrogen-bond acceptors (Lipinski definition) is 3. The second kappa shape index (κ2) is 8.19. The van der Waals surface area contributed by atoms with Crippen molar-refractivity contribution in [3.05, 3.63) is 84.4 Å². The van der Waals surface area contributed by atoms with Gasteiger partial charge in [-0.05, 0) is 54.4 Å². The molecule has 0 saturated heterocycles. The molecule has 1 heterocycles. The van der Waals surface area contributed by atoms with Gasteiger partial charge in [-0.2, -0.15) is 0 Å². The third-order valence-electron chi connectivity index (χ3n) is 4.38. The molecule has 3 aromatic rings. The maximum absolute atomic E-state index is 12.5. The van der Waals surface area contributed by atoms with Gasteiger partial charge in [-0.15, -0.1) is 11.8 Å². The Morgan fingerprint density at radius 1 is 0.714 bits per heavy atom. The van der Waals surface area contributed by atoms with E-state index in [-0.39, 0.29) is 17.2 Å². The Morgan fingerprint density at radius 2 is 1.29 bits per heavy atom. The first-order chi connectivity index (χ1) is 13.7. The first-order valence-corrected chi connectivity index (χ1v) is 9.84. The molecule has 3 aromatic carbocycles. The smallest absolute Gasteiger partial charge is 0.323 e. The van der Waals surface area contributed by atoms with Crippen molar-refractivity contribution in [2.45, 2.75) is 16.6 Å². The van der Waals surface area contributed by atoms with E-state index in [0.717, 1.165) is 12.1 Å². The summed E-state index contributed by atoms with van der Waals surface area (Å²) in [5.74, 6) is -0.0104. The van der Waals surface area contributed by atoms with Crippen molar-refractivity contribution in [3.63, 3.8) is 0 Å². The molecular weight excluding hydrogens is 370 g/mol. The normalized spacial score (nSPS) is 14.8. The molecule has 0 saturated carbocycles. The number of carbonyl (C=O) groups is 2. The molecule has 0 fully saturated rings. The zero-order valence-electron chi connectivity index (χ0n) is 15.0. The second-order valence-electron chi connectivity index (χ2n) is 6.43. The minimum Gasteiger partial charge on any atom is -0.325 e. The quantitative estimate of drug-likeness (QED) is 0.589. The van der Waals surface area contributed by atoms with Crippen LogP contribution in [0.5, 0.6) is 0 Å². The lowest BCUT2D eigenvalue weighted by atomic mass is 10.1. The molecule has 0 unspecified atom stereocenters. The summed E-state index contributed by atoms with van der Waals surface area (Å²) in [5, 5.41) is 8.36. The summed E-state index contributed by atoms with van der Waals surface area (Å²) in [4.78, 5) is 25.7. The molecule has 28 heavy (non-hydrogen) atoms. The van der Waals surface area contributed by atoms with Gasteiger partial charge in [0.1, 0.15) is 0 Å². The Balaban J connectivity index is 1.31. The largest absolute Gasteiger partial charge is 0.325 e. The molecule has 3 amide bonds. The van der Waals surface area contributed by atoms with Crippen molar-refractivity contribution in [1.82, 2.24) is 0 Å². The van der Waals surface area contributed by atoms with Gasteiger partial charge < -0.3 is 16.0 Å². The van der Waals surface area contributed by atoms with E-state index in [1.54, 1.807) is 36.0 Å². The van der Waals surface area contributed by atoms with Crippen LogP contribution in [0.3, 0.4) is 0 Å². The van der Waals surface area contributed by atoms with Gasteiger partial charge in [-0.1, -0.05) is 36.4 Å². The predicted octanol–water partition coefficient (Wildman–Crippen LogP) is 4.99. The van der Waals surface area contributed by atoms with Crippen LogP contribution in [0.2, 0.25) is 0 Å². The molecule has 0 radical (unpaired) electrons. The van der Waals surface area contributed by atoms with E-state index in [1.807, 2.05) is 48.5 Å². The van der Waals surface area contributed by atoms with Crippen molar-refractivity contribution in [2.24, 2.45) is 0 Å². The number of carbonyl (C=O) groups excluding carboxylic acids is 2. The maximum Gasteiger partial charge on any atom is 0.323 e. The van der Waals surface area contributed by atoms with Crippen molar-refractivity contribution in [1.29, 1.82) is 0 Å².